The summed E-state index contributed by atoms with van der Waals surface area (Å²) in [7, 11) is 1.28. The van der Waals surface area contributed by atoms with E-state index in [0.717, 1.165) is 19.3 Å². The molecule has 1 heterocycles. The van der Waals surface area contributed by atoms with Crippen molar-refractivity contribution >= 4 is 85.4 Å². The number of rotatable bonds is 9. The summed E-state index contributed by atoms with van der Waals surface area (Å²) in [4.78, 5) is 27.7. The van der Waals surface area contributed by atoms with Crippen molar-refractivity contribution in [2.45, 2.75) is 12.6 Å². The first-order chi connectivity index (χ1) is 17.0. The molecule has 3 rings (SSSR count). The zero-order chi connectivity index (χ0) is 26.3. The highest BCUT2D eigenvalue weighted by Gasteiger charge is 2.30. The van der Waals surface area contributed by atoms with E-state index in [1.165, 1.54) is 36.8 Å². The van der Waals surface area contributed by atoms with Crippen LogP contribution in [-0.2, 0) is 26.9 Å². The van der Waals surface area contributed by atoms with Gasteiger partial charge in [0.15, 0.2) is 11.7 Å². The molecule has 0 unspecified atom stereocenters. The van der Waals surface area contributed by atoms with Crippen LogP contribution in [-0.4, -0.2) is 36.8 Å². The lowest BCUT2D eigenvalue weighted by atomic mass is 10.2. The van der Waals surface area contributed by atoms with Gasteiger partial charge in [0.25, 0.3) is 0 Å². The highest BCUT2D eigenvalue weighted by Crippen LogP contribution is 2.32. The zero-order valence-corrected chi connectivity index (χ0v) is 23.5. The van der Waals surface area contributed by atoms with Gasteiger partial charge in [-0.25, -0.2) is 15.2 Å². The van der Waals surface area contributed by atoms with E-state index in [2.05, 4.69) is 70.7 Å². The molecule has 14 heteroatoms. The second-order valence-corrected chi connectivity index (χ2v) is 10.2. The van der Waals surface area contributed by atoms with Crippen LogP contribution < -0.4 is 15.5 Å². The van der Waals surface area contributed by atoms with Gasteiger partial charge in [0.1, 0.15) is 5.75 Å². The fraction of sp³-hybridized carbons (Fsp3) is 0.182. The van der Waals surface area contributed by atoms with Gasteiger partial charge in [-0.1, -0.05) is 6.07 Å². The first kappa shape index (κ1) is 28.1. The van der Waals surface area contributed by atoms with Crippen LogP contribution in [0.15, 0.2) is 46.9 Å². The Labute approximate surface area is 234 Å². The normalized spacial score (nSPS) is 11.4. The van der Waals surface area contributed by atoms with Gasteiger partial charge < -0.3 is 14.8 Å². The maximum absolute atomic E-state index is 12.9. The van der Waals surface area contributed by atoms with Gasteiger partial charge in [0.05, 0.1) is 38.1 Å². The summed E-state index contributed by atoms with van der Waals surface area (Å²) in [5, 5.41) is 8.77. The van der Waals surface area contributed by atoms with Gasteiger partial charge in [0, 0.05) is 11.1 Å². The Balaban J connectivity index is 1.54. The average Bonchev–Trinajstić information content (AvgIpc) is 3.24. The van der Waals surface area contributed by atoms with Crippen molar-refractivity contribution in [2.24, 2.45) is 5.10 Å². The molecule has 3 aromatic rings. The van der Waals surface area contributed by atoms with Crippen molar-refractivity contribution in [1.82, 2.24) is 10.4 Å². The number of benzene rings is 2. The molecule has 8 nitrogen and oxygen atoms in total. The van der Waals surface area contributed by atoms with E-state index in [4.69, 9.17) is 4.74 Å². The van der Waals surface area contributed by atoms with E-state index in [9.17, 15) is 22.8 Å². The Morgan fingerprint density at radius 3 is 2.58 bits per heavy atom. The zero-order valence-electron chi connectivity index (χ0n) is 18.4. The van der Waals surface area contributed by atoms with Crippen molar-refractivity contribution in [1.29, 1.82) is 0 Å². The molecule has 0 radical (unpaired) electrons. The fourth-order valence-corrected chi connectivity index (χ4v) is 5.57. The van der Waals surface area contributed by atoms with Crippen LogP contribution in [0.25, 0.3) is 0 Å². The minimum Gasteiger partial charge on any atom is -0.480 e. The topological polar surface area (TPSA) is 102 Å². The van der Waals surface area contributed by atoms with Crippen LogP contribution in [0, 0.1) is 7.14 Å². The number of carbonyl (C=O) groups excluding carboxylic acids is 2. The number of hydrogen-bond donors (Lipinski definition) is 2. The Hall–Kier alpha value is -2.47. The molecule has 36 heavy (non-hydrogen) atoms. The van der Waals surface area contributed by atoms with Crippen molar-refractivity contribution in [3.8, 4) is 5.75 Å². The number of nitrogens with one attached hydrogen (secondary N) is 2. The molecule has 2 N–H and O–H groups in total. The molecule has 1 aromatic heterocycles. The number of halogens is 5. The van der Waals surface area contributed by atoms with E-state index >= 15 is 0 Å². The number of hydrogen-bond acceptors (Lipinski definition) is 8. The molecule has 190 valence electrons. The second-order valence-electron chi connectivity index (χ2n) is 7.00. The van der Waals surface area contributed by atoms with Crippen LogP contribution in [0.5, 0.6) is 5.75 Å². The number of carbonyl (C=O) groups is 2. The molecule has 0 saturated carbocycles. The van der Waals surface area contributed by atoms with Gasteiger partial charge in [0.2, 0.25) is 5.91 Å². The molecule has 0 fully saturated rings. The van der Waals surface area contributed by atoms with Gasteiger partial charge >= 0.3 is 12.1 Å². The quantitative estimate of drug-likeness (QED) is 0.133. The minimum atomic E-state index is -4.44. The van der Waals surface area contributed by atoms with Crippen LogP contribution in [0.1, 0.15) is 16.8 Å². The third-order valence-corrected chi connectivity index (χ3v) is 6.73. The number of anilines is 2. The second kappa shape index (κ2) is 12.7. The lowest BCUT2D eigenvalue weighted by Crippen LogP contribution is -2.20. The summed E-state index contributed by atoms with van der Waals surface area (Å²) in [6.45, 7) is -0.209. The van der Waals surface area contributed by atoms with Crippen molar-refractivity contribution in [3.05, 3.63) is 65.7 Å². The van der Waals surface area contributed by atoms with Crippen LogP contribution in [0.3, 0.4) is 0 Å². The molecule has 2 aromatic carbocycles. The number of amides is 1. The summed E-state index contributed by atoms with van der Waals surface area (Å²) in [5.74, 6) is -0.362. The Kier molecular flexibility index (Phi) is 9.89. The molecule has 0 aliphatic carbocycles. The predicted octanol–water partition coefficient (Wildman–Crippen LogP) is 5.36. The summed E-state index contributed by atoms with van der Waals surface area (Å²) in [6.07, 6.45) is -3.04. The van der Waals surface area contributed by atoms with E-state index in [0.29, 0.717) is 22.1 Å². The Morgan fingerprint density at radius 1 is 1.19 bits per heavy atom. The first-order valence-corrected chi connectivity index (χ1v) is 13.0. The largest absolute Gasteiger partial charge is 0.480 e. The lowest BCUT2D eigenvalue weighted by Gasteiger charge is -2.10. The standard InChI is InChI=1S/C22H17F3I2N4O4S/c1-34-19(33)10-35-20-16(26)5-12(6-17(20)27)9-28-31-18(32)8-15-11-36-21(30-15)29-14-4-2-3-13(7-14)22(23,24)25/h2-7,9,11H,8,10H2,1H3,(H,29,30)(H,31,32)/b28-9-. The molecule has 0 atom stereocenters. The van der Waals surface area contributed by atoms with Gasteiger partial charge in [-0.15, -0.1) is 11.3 Å². The van der Waals surface area contributed by atoms with Gasteiger partial charge in [-0.2, -0.15) is 18.3 Å². The summed E-state index contributed by atoms with van der Waals surface area (Å²) < 4.78 is 50.2. The molecular formula is C22H17F3I2N4O4S. The third kappa shape index (κ3) is 8.29. The smallest absolute Gasteiger partial charge is 0.416 e. The minimum absolute atomic E-state index is 0.0620. The SMILES string of the molecule is COC(=O)COc1c(I)cc(/C=N\NC(=O)Cc2csc(Nc3cccc(C(F)(F)F)c3)n2)cc1I. The molecule has 0 saturated heterocycles. The van der Waals surface area contributed by atoms with Gasteiger partial charge in [-0.05, 0) is 81.1 Å². The predicted molar refractivity (Wildman–Crippen MR) is 146 cm³/mol. The number of ether oxygens (including phenoxy) is 2. The number of alkyl halides is 3. The molecule has 1 amide bonds. The number of esters is 1. The van der Waals surface area contributed by atoms with E-state index in [-0.39, 0.29) is 18.7 Å². The number of nitrogens with zero attached hydrogens (tertiary/aromatic N) is 2. The molecule has 0 bridgehead atoms. The van der Waals surface area contributed by atoms with Crippen molar-refractivity contribution in [3.63, 3.8) is 0 Å². The number of methoxy groups -OCH3 is 1. The maximum atomic E-state index is 12.9. The highest BCUT2D eigenvalue weighted by molar-refractivity contribution is 14.1. The number of aromatic nitrogens is 1. The highest BCUT2D eigenvalue weighted by atomic mass is 127. The molecule has 0 spiro atoms. The summed E-state index contributed by atoms with van der Waals surface area (Å²) in [5.41, 5.74) is 3.04. The van der Waals surface area contributed by atoms with Crippen molar-refractivity contribution < 1.29 is 32.2 Å². The van der Waals surface area contributed by atoms with Gasteiger partial charge in [-0.3, -0.25) is 4.79 Å². The van der Waals surface area contributed by atoms with E-state index in [1.807, 2.05) is 0 Å². The average molecular weight is 744 g/mol. The molecule has 0 aliphatic rings. The lowest BCUT2D eigenvalue weighted by molar-refractivity contribution is -0.143. The Bertz CT molecular complexity index is 1260. The number of thiazole rings is 1. The monoisotopic (exact) mass is 744 g/mol. The first-order valence-electron chi connectivity index (χ1n) is 9.94. The van der Waals surface area contributed by atoms with Crippen LogP contribution in [0.4, 0.5) is 24.0 Å². The summed E-state index contributed by atoms with van der Waals surface area (Å²) in [6, 6.07) is 8.32. The van der Waals surface area contributed by atoms with Crippen LogP contribution >= 0.6 is 56.5 Å². The van der Waals surface area contributed by atoms with Crippen molar-refractivity contribution in [2.75, 3.05) is 19.0 Å². The number of hydrazone groups is 1. The Morgan fingerprint density at radius 2 is 1.92 bits per heavy atom. The van der Waals surface area contributed by atoms with Crippen LogP contribution in [0.2, 0.25) is 0 Å². The maximum Gasteiger partial charge on any atom is 0.416 e. The molecule has 0 aliphatic heterocycles. The van der Waals surface area contributed by atoms with E-state index in [1.54, 1.807) is 17.5 Å². The fourth-order valence-electron chi connectivity index (χ4n) is 2.71. The summed E-state index contributed by atoms with van der Waals surface area (Å²) >= 11 is 5.30. The molecular weight excluding hydrogens is 727 g/mol. The third-order valence-electron chi connectivity index (χ3n) is 4.32. The van der Waals surface area contributed by atoms with E-state index < -0.39 is 23.6 Å².